The topological polar surface area (TPSA) is 77.2 Å². The van der Waals surface area contributed by atoms with Crippen LogP contribution >= 0.6 is 11.6 Å². The smallest absolute Gasteiger partial charge is 0.322 e. The molecule has 0 radical (unpaired) electrons. The molecule has 0 aliphatic carbocycles. The summed E-state index contributed by atoms with van der Waals surface area (Å²) < 4.78 is 4.86. The second-order valence-electron chi connectivity index (χ2n) is 2.60. The van der Waals surface area contributed by atoms with E-state index in [-0.39, 0.29) is 11.3 Å². The zero-order chi connectivity index (χ0) is 10.6. The van der Waals surface area contributed by atoms with Crippen LogP contribution in [0.2, 0.25) is 5.28 Å². The highest BCUT2D eigenvalue weighted by Crippen LogP contribution is 2.12. The van der Waals surface area contributed by atoms with Gasteiger partial charge < -0.3 is 15.4 Å². The molecule has 0 fully saturated rings. The maximum Gasteiger partial charge on any atom is 0.322 e. The normalized spacial score (nSPS) is 10.0. The Morgan fingerprint density at radius 2 is 2.14 bits per heavy atom. The maximum absolute atomic E-state index is 5.67. The molecular weight excluding hydrogens is 206 g/mol. The average molecular weight is 218 g/mol. The van der Waals surface area contributed by atoms with Crippen molar-refractivity contribution >= 4 is 17.5 Å². The van der Waals surface area contributed by atoms with Gasteiger partial charge in [0.2, 0.25) is 11.2 Å². The van der Waals surface area contributed by atoms with Gasteiger partial charge in [0.15, 0.2) is 0 Å². The van der Waals surface area contributed by atoms with Crippen LogP contribution in [0.3, 0.4) is 0 Å². The second kappa shape index (κ2) is 4.92. The van der Waals surface area contributed by atoms with Crippen molar-refractivity contribution in [2.75, 3.05) is 32.1 Å². The summed E-state index contributed by atoms with van der Waals surface area (Å²) in [5, 5.41) is 0.107. The molecule has 2 N–H and O–H groups in total. The van der Waals surface area contributed by atoms with Gasteiger partial charge in [-0.25, -0.2) is 0 Å². The summed E-state index contributed by atoms with van der Waals surface area (Å²) in [5.74, 6) is 0.451. The van der Waals surface area contributed by atoms with Crippen molar-refractivity contribution in [2.24, 2.45) is 5.73 Å². The number of anilines is 1. The molecule has 6 nitrogen and oxygen atoms in total. The van der Waals surface area contributed by atoms with Gasteiger partial charge in [-0.1, -0.05) is 0 Å². The van der Waals surface area contributed by atoms with Crippen LogP contribution in [0, 0.1) is 0 Å². The Balaban J connectivity index is 2.90. The van der Waals surface area contributed by atoms with Gasteiger partial charge in [0.05, 0.1) is 7.11 Å². The van der Waals surface area contributed by atoms with Crippen LogP contribution in [0.4, 0.5) is 5.95 Å². The van der Waals surface area contributed by atoms with Crippen molar-refractivity contribution in [1.82, 2.24) is 15.0 Å². The molecule has 0 aromatic carbocycles. The summed E-state index contributed by atoms with van der Waals surface area (Å²) in [7, 11) is 3.29. The molecule has 0 unspecified atom stereocenters. The van der Waals surface area contributed by atoms with Crippen molar-refractivity contribution in [3.05, 3.63) is 5.28 Å². The summed E-state index contributed by atoms with van der Waals surface area (Å²) in [6, 6.07) is 0.198. The Labute approximate surface area is 87.1 Å². The minimum Gasteiger partial charge on any atom is -0.467 e. The van der Waals surface area contributed by atoms with Crippen LogP contribution in [0.5, 0.6) is 6.01 Å². The van der Waals surface area contributed by atoms with E-state index in [1.807, 2.05) is 7.05 Å². The van der Waals surface area contributed by atoms with Gasteiger partial charge in [0, 0.05) is 20.1 Å². The number of nitrogens with zero attached hydrogens (tertiary/aromatic N) is 4. The van der Waals surface area contributed by atoms with Crippen LogP contribution in [0.1, 0.15) is 0 Å². The maximum atomic E-state index is 5.67. The number of nitrogens with two attached hydrogens (primary N) is 1. The summed E-state index contributed by atoms with van der Waals surface area (Å²) in [5.41, 5.74) is 5.40. The van der Waals surface area contributed by atoms with E-state index < -0.39 is 0 Å². The zero-order valence-electron chi connectivity index (χ0n) is 8.07. The lowest BCUT2D eigenvalue weighted by Crippen LogP contribution is -2.27. The highest BCUT2D eigenvalue weighted by molar-refractivity contribution is 6.28. The number of ether oxygens (including phenoxy) is 1. The third kappa shape index (κ3) is 2.68. The third-order valence-electron chi connectivity index (χ3n) is 1.56. The predicted octanol–water partition coefficient (Wildman–Crippen LogP) is -0.0715. The van der Waals surface area contributed by atoms with E-state index in [0.717, 1.165) is 0 Å². The van der Waals surface area contributed by atoms with E-state index in [1.54, 1.807) is 4.90 Å². The van der Waals surface area contributed by atoms with E-state index in [1.165, 1.54) is 7.11 Å². The Kier molecular flexibility index (Phi) is 3.84. The van der Waals surface area contributed by atoms with Crippen molar-refractivity contribution in [3.8, 4) is 6.01 Å². The lowest BCUT2D eigenvalue weighted by Gasteiger charge is -2.15. The molecular formula is C7H12ClN5O. The van der Waals surface area contributed by atoms with Gasteiger partial charge in [-0.3, -0.25) is 0 Å². The molecule has 1 rings (SSSR count). The van der Waals surface area contributed by atoms with Crippen molar-refractivity contribution < 1.29 is 4.74 Å². The molecule has 1 aromatic rings. The van der Waals surface area contributed by atoms with Crippen LogP contribution in [0.25, 0.3) is 0 Å². The fraction of sp³-hybridized carbons (Fsp3) is 0.571. The van der Waals surface area contributed by atoms with Gasteiger partial charge in [0.1, 0.15) is 0 Å². The van der Waals surface area contributed by atoms with Crippen LogP contribution < -0.4 is 15.4 Å². The Morgan fingerprint density at radius 1 is 1.43 bits per heavy atom. The molecule has 0 saturated carbocycles. The Bertz CT molecular complexity index is 308. The number of rotatable bonds is 4. The molecule has 0 bridgehead atoms. The Hall–Kier alpha value is -1.14. The number of hydrogen-bond acceptors (Lipinski definition) is 6. The van der Waals surface area contributed by atoms with Gasteiger partial charge in [0.25, 0.3) is 0 Å². The average Bonchev–Trinajstić information content (AvgIpc) is 2.17. The van der Waals surface area contributed by atoms with Crippen LogP contribution in [-0.4, -0.2) is 42.2 Å². The summed E-state index contributed by atoms with van der Waals surface area (Å²) in [6.07, 6.45) is 0. The highest BCUT2D eigenvalue weighted by atomic mass is 35.5. The number of aromatic nitrogens is 3. The largest absolute Gasteiger partial charge is 0.467 e. The fourth-order valence-electron chi connectivity index (χ4n) is 0.878. The van der Waals surface area contributed by atoms with Gasteiger partial charge >= 0.3 is 6.01 Å². The SMILES string of the molecule is COc1nc(Cl)nc(N(C)CCN)n1. The van der Waals surface area contributed by atoms with Crippen LogP contribution in [0.15, 0.2) is 0 Å². The van der Waals surface area contributed by atoms with Gasteiger partial charge in [-0.2, -0.15) is 15.0 Å². The number of likely N-dealkylation sites (N-methyl/N-ethyl adjacent to an activating group) is 1. The summed E-state index contributed by atoms with van der Waals surface area (Å²) in [6.45, 7) is 1.16. The van der Waals surface area contributed by atoms with Gasteiger partial charge in [-0.05, 0) is 11.6 Å². The summed E-state index contributed by atoms with van der Waals surface area (Å²) in [4.78, 5) is 13.5. The number of halogens is 1. The molecule has 1 aromatic heterocycles. The Morgan fingerprint density at radius 3 is 2.71 bits per heavy atom. The van der Waals surface area contributed by atoms with E-state index in [0.29, 0.717) is 19.0 Å². The van der Waals surface area contributed by atoms with Crippen molar-refractivity contribution in [1.29, 1.82) is 0 Å². The number of hydrogen-bond donors (Lipinski definition) is 1. The molecule has 0 spiro atoms. The first kappa shape index (κ1) is 10.9. The lowest BCUT2D eigenvalue weighted by molar-refractivity contribution is 0.378. The first-order valence-electron chi connectivity index (χ1n) is 4.04. The second-order valence-corrected chi connectivity index (χ2v) is 2.94. The molecule has 0 saturated heterocycles. The molecule has 0 aliphatic heterocycles. The highest BCUT2D eigenvalue weighted by Gasteiger charge is 2.08. The predicted molar refractivity (Wildman–Crippen MR) is 53.7 cm³/mol. The summed E-state index contributed by atoms with van der Waals surface area (Å²) >= 11 is 5.67. The molecule has 0 aliphatic rings. The molecule has 0 amide bonds. The molecule has 7 heteroatoms. The molecule has 0 atom stereocenters. The van der Waals surface area contributed by atoms with Gasteiger partial charge in [-0.15, -0.1) is 0 Å². The van der Waals surface area contributed by atoms with E-state index in [2.05, 4.69) is 15.0 Å². The minimum atomic E-state index is 0.107. The third-order valence-corrected chi connectivity index (χ3v) is 1.73. The van der Waals surface area contributed by atoms with E-state index in [4.69, 9.17) is 22.1 Å². The first-order valence-corrected chi connectivity index (χ1v) is 4.42. The first-order chi connectivity index (χ1) is 6.67. The van der Waals surface area contributed by atoms with Crippen molar-refractivity contribution in [3.63, 3.8) is 0 Å². The molecule has 14 heavy (non-hydrogen) atoms. The van der Waals surface area contributed by atoms with E-state index in [9.17, 15) is 0 Å². The minimum absolute atomic E-state index is 0.107. The number of methoxy groups -OCH3 is 1. The monoisotopic (exact) mass is 217 g/mol. The molecule has 78 valence electrons. The zero-order valence-corrected chi connectivity index (χ0v) is 8.82. The standard InChI is InChI=1S/C7H12ClN5O/c1-13(4-3-9)6-10-5(8)11-7(12-6)14-2/h3-4,9H2,1-2H3. The van der Waals surface area contributed by atoms with Crippen LogP contribution in [-0.2, 0) is 0 Å². The van der Waals surface area contributed by atoms with E-state index >= 15 is 0 Å². The van der Waals surface area contributed by atoms with Crippen molar-refractivity contribution in [2.45, 2.75) is 0 Å². The quantitative estimate of drug-likeness (QED) is 0.761. The lowest BCUT2D eigenvalue weighted by atomic mass is 10.6. The molecule has 1 heterocycles. The fourth-order valence-corrected chi connectivity index (χ4v) is 1.03.